The summed E-state index contributed by atoms with van der Waals surface area (Å²) >= 11 is 9.20. The smallest absolute Gasteiger partial charge is 0.150 e. The van der Waals surface area contributed by atoms with Gasteiger partial charge in [0.25, 0.3) is 0 Å². The van der Waals surface area contributed by atoms with Gasteiger partial charge >= 0.3 is 0 Å². The Morgan fingerprint density at radius 3 is 2.44 bits per heavy atom. The van der Waals surface area contributed by atoms with Crippen molar-refractivity contribution in [3.8, 4) is 0 Å². The van der Waals surface area contributed by atoms with Crippen LogP contribution in [0.5, 0.6) is 0 Å². The lowest BCUT2D eigenvalue weighted by molar-refractivity contribution is 0.233. The highest BCUT2D eigenvalue weighted by molar-refractivity contribution is 9.09. The second-order valence-electron chi connectivity index (χ2n) is 5.03. The van der Waals surface area contributed by atoms with Crippen LogP contribution in [0.25, 0.3) is 0 Å². The predicted molar refractivity (Wildman–Crippen MR) is 89.0 cm³/mol. The monoisotopic (exact) mass is 420 g/mol. The van der Waals surface area contributed by atoms with Gasteiger partial charge in [-0.15, -0.1) is 0 Å². The number of sulfone groups is 1. The quantitative estimate of drug-likeness (QED) is 0.442. The molecule has 0 amide bonds. The maximum atomic E-state index is 11.7. The van der Waals surface area contributed by atoms with Gasteiger partial charge in [0.15, 0.2) is 9.84 Å². The number of thioether (sulfide) groups is 1. The first-order valence-electron chi connectivity index (χ1n) is 6.40. The Hall–Kier alpha value is 1.26. The number of alkyl halides is 2. The molecule has 6 heteroatoms. The first kappa shape index (κ1) is 17.3. The average Bonchev–Trinajstić information content (AvgIpc) is 2.71. The summed E-state index contributed by atoms with van der Waals surface area (Å²) in [5.41, 5.74) is 0.109. The molecule has 0 aliphatic carbocycles. The normalized spacial score (nSPS) is 23.4. The van der Waals surface area contributed by atoms with Gasteiger partial charge in [0, 0.05) is 10.7 Å². The molecular formula is C12H22Br2O2S2. The fourth-order valence-corrected chi connectivity index (χ4v) is 7.53. The van der Waals surface area contributed by atoms with Crippen molar-refractivity contribution in [1.29, 1.82) is 0 Å². The Bertz CT molecular complexity index is 340. The van der Waals surface area contributed by atoms with Crippen molar-refractivity contribution < 1.29 is 8.42 Å². The van der Waals surface area contributed by atoms with Crippen LogP contribution in [0.2, 0.25) is 0 Å². The van der Waals surface area contributed by atoms with E-state index in [1.54, 1.807) is 0 Å². The fourth-order valence-electron chi connectivity index (χ4n) is 2.54. The Morgan fingerprint density at radius 2 is 2.00 bits per heavy atom. The minimum Gasteiger partial charge on any atom is -0.229 e. The number of hydrogen-bond acceptors (Lipinski definition) is 3. The molecule has 0 spiro atoms. The van der Waals surface area contributed by atoms with Gasteiger partial charge in [-0.1, -0.05) is 38.8 Å². The van der Waals surface area contributed by atoms with Gasteiger partial charge in [0.2, 0.25) is 0 Å². The Kier molecular flexibility index (Phi) is 7.59. The van der Waals surface area contributed by atoms with E-state index in [9.17, 15) is 8.42 Å². The lowest BCUT2D eigenvalue weighted by Crippen LogP contribution is -2.35. The molecule has 1 saturated heterocycles. The molecule has 18 heavy (non-hydrogen) atoms. The molecule has 0 aromatic heterocycles. The zero-order valence-corrected chi connectivity index (χ0v) is 15.6. The summed E-state index contributed by atoms with van der Waals surface area (Å²) in [5, 5.41) is 1.78. The topological polar surface area (TPSA) is 34.1 Å². The van der Waals surface area contributed by atoms with Crippen molar-refractivity contribution in [2.75, 3.05) is 33.7 Å². The third-order valence-electron chi connectivity index (χ3n) is 3.80. The van der Waals surface area contributed by atoms with Crippen LogP contribution in [-0.4, -0.2) is 42.1 Å². The zero-order valence-electron chi connectivity index (χ0n) is 10.8. The van der Waals surface area contributed by atoms with E-state index in [2.05, 4.69) is 38.8 Å². The van der Waals surface area contributed by atoms with Crippen LogP contribution in [0.4, 0.5) is 0 Å². The molecule has 0 saturated carbocycles. The van der Waals surface area contributed by atoms with Crippen LogP contribution >= 0.6 is 43.6 Å². The molecule has 1 aliphatic heterocycles. The Balaban J connectivity index is 2.62. The van der Waals surface area contributed by atoms with Gasteiger partial charge in [-0.05, 0) is 42.1 Å². The van der Waals surface area contributed by atoms with Crippen molar-refractivity contribution in [3.63, 3.8) is 0 Å². The van der Waals surface area contributed by atoms with Crippen LogP contribution in [-0.2, 0) is 9.84 Å². The molecule has 1 atom stereocenters. The SMILES string of the molecule is CCSCCCC(CBr)(CBr)C1CCS(=O)(=O)C1. The van der Waals surface area contributed by atoms with Crippen molar-refractivity contribution in [2.45, 2.75) is 26.2 Å². The van der Waals surface area contributed by atoms with Crippen LogP contribution in [0.1, 0.15) is 26.2 Å². The van der Waals surface area contributed by atoms with E-state index >= 15 is 0 Å². The highest BCUT2D eigenvalue weighted by Gasteiger charge is 2.42. The second kappa shape index (κ2) is 7.89. The molecule has 0 radical (unpaired) electrons. The van der Waals surface area contributed by atoms with E-state index in [1.807, 2.05) is 11.8 Å². The molecule has 1 aliphatic rings. The van der Waals surface area contributed by atoms with Gasteiger partial charge in [-0.25, -0.2) is 8.42 Å². The minimum absolute atomic E-state index is 0.109. The highest BCUT2D eigenvalue weighted by Crippen LogP contribution is 2.42. The van der Waals surface area contributed by atoms with Crippen LogP contribution in [0, 0.1) is 11.3 Å². The average molecular weight is 422 g/mol. The van der Waals surface area contributed by atoms with Gasteiger partial charge in [0.1, 0.15) is 0 Å². The van der Waals surface area contributed by atoms with E-state index in [0.29, 0.717) is 17.4 Å². The van der Waals surface area contributed by atoms with Crippen LogP contribution in [0.15, 0.2) is 0 Å². The third kappa shape index (κ3) is 4.67. The van der Waals surface area contributed by atoms with Crippen LogP contribution < -0.4 is 0 Å². The van der Waals surface area contributed by atoms with E-state index in [1.165, 1.54) is 12.2 Å². The minimum atomic E-state index is -2.78. The van der Waals surface area contributed by atoms with Crippen molar-refractivity contribution in [2.24, 2.45) is 11.3 Å². The lowest BCUT2D eigenvalue weighted by Gasteiger charge is -2.35. The molecule has 0 bridgehead atoms. The molecule has 0 N–H and O–H groups in total. The van der Waals surface area contributed by atoms with Crippen molar-refractivity contribution in [1.82, 2.24) is 0 Å². The highest BCUT2D eigenvalue weighted by atomic mass is 79.9. The van der Waals surface area contributed by atoms with E-state index < -0.39 is 9.84 Å². The number of hydrogen-bond donors (Lipinski definition) is 0. The molecule has 1 rings (SSSR count). The molecular weight excluding hydrogens is 400 g/mol. The van der Waals surface area contributed by atoms with Gasteiger partial charge in [0.05, 0.1) is 11.5 Å². The summed E-state index contributed by atoms with van der Waals surface area (Å²) in [7, 11) is -2.78. The standard InChI is InChI=1S/C12H22Br2O2S2/c1-2-17-6-3-5-12(9-13,10-14)11-4-7-18(15,16)8-11/h11H,2-10H2,1H3. The molecule has 1 unspecified atom stereocenters. The molecule has 1 heterocycles. The second-order valence-corrected chi connectivity index (χ2v) is 9.77. The zero-order chi connectivity index (χ0) is 13.6. The maximum Gasteiger partial charge on any atom is 0.150 e. The first-order valence-corrected chi connectivity index (χ1v) is 11.6. The summed E-state index contributed by atoms with van der Waals surface area (Å²) in [6.07, 6.45) is 3.11. The van der Waals surface area contributed by atoms with Gasteiger partial charge in [-0.3, -0.25) is 0 Å². The van der Waals surface area contributed by atoms with Crippen molar-refractivity contribution >= 4 is 53.5 Å². The number of halogens is 2. The van der Waals surface area contributed by atoms with Crippen molar-refractivity contribution in [3.05, 3.63) is 0 Å². The van der Waals surface area contributed by atoms with Crippen LogP contribution in [0.3, 0.4) is 0 Å². The largest absolute Gasteiger partial charge is 0.229 e. The summed E-state index contributed by atoms with van der Waals surface area (Å²) in [5.74, 6) is 3.41. The summed E-state index contributed by atoms with van der Waals surface area (Å²) in [6.45, 7) is 2.18. The third-order valence-corrected chi connectivity index (χ3v) is 8.79. The number of rotatable bonds is 8. The fraction of sp³-hybridized carbons (Fsp3) is 1.00. The lowest BCUT2D eigenvalue weighted by atomic mass is 9.75. The molecule has 2 nitrogen and oxygen atoms in total. The molecule has 0 aromatic carbocycles. The first-order chi connectivity index (χ1) is 8.49. The Morgan fingerprint density at radius 1 is 1.33 bits per heavy atom. The summed E-state index contributed by atoms with van der Waals surface area (Å²) in [4.78, 5) is 0. The molecule has 108 valence electrons. The van der Waals surface area contributed by atoms with E-state index in [-0.39, 0.29) is 5.41 Å². The summed E-state index contributed by atoms with van der Waals surface area (Å²) < 4.78 is 23.3. The predicted octanol–water partition coefficient (Wildman–Crippen LogP) is 3.73. The maximum absolute atomic E-state index is 11.7. The van der Waals surface area contributed by atoms with Gasteiger partial charge in [-0.2, -0.15) is 11.8 Å². The van der Waals surface area contributed by atoms with E-state index in [4.69, 9.17) is 0 Å². The molecule has 1 fully saturated rings. The van der Waals surface area contributed by atoms with E-state index in [0.717, 1.165) is 29.3 Å². The van der Waals surface area contributed by atoms with Gasteiger partial charge < -0.3 is 0 Å². The summed E-state index contributed by atoms with van der Waals surface area (Å²) in [6, 6.07) is 0. The Labute approximate surface area is 132 Å². The molecule has 0 aromatic rings.